The molecule has 3 rings (SSSR count). The van der Waals surface area contributed by atoms with Crippen molar-refractivity contribution >= 4 is 35.8 Å². The van der Waals surface area contributed by atoms with Crippen molar-refractivity contribution in [3.05, 3.63) is 35.9 Å². The van der Waals surface area contributed by atoms with Crippen molar-refractivity contribution in [3.63, 3.8) is 0 Å². The van der Waals surface area contributed by atoms with Crippen molar-refractivity contribution in [2.75, 3.05) is 65.4 Å². The van der Waals surface area contributed by atoms with Crippen LogP contribution in [0.4, 0.5) is 9.59 Å². The third kappa shape index (κ3) is 9.96. The van der Waals surface area contributed by atoms with E-state index in [1.165, 1.54) is 19.6 Å². The Kier molecular flexibility index (Phi) is 10.9. The summed E-state index contributed by atoms with van der Waals surface area (Å²) < 4.78 is 10.4. The Bertz CT molecular complexity index is 1110. The summed E-state index contributed by atoms with van der Waals surface area (Å²) in [4.78, 5) is 79.8. The fourth-order valence-electron chi connectivity index (χ4n) is 4.12. The van der Waals surface area contributed by atoms with Gasteiger partial charge in [0.2, 0.25) is 11.8 Å². The van der Waals surface area contributed by atoms with Gasteiger partial charge >= 0.3 is 24.0 Å². The molecule has 224 valence electrons. The second kappa shape index (κ2) is 14.3. The van der Waals surface area contributed by atoms with Gasteiger partial charge in [-0.05, 0) is 26.3 Å². The minimum absolute atomic E-state index is 0.0671. The number of piperazine rings is 2. The van der Waals surface area contributed by atoms with Gasteiger partial charge in [0.1, 0.15) is 18.8 Å². The molecule has 2 aliphatic rings. The maximum atomic E-state index is 12.8. The van der Waals surface area contributed by atoms with E-state index in [2.05, 4.69) is 10.6 Å². The van der Waals surface area contributed by atoms with Crippen LogP contribution in [0.25, 0.3) is 0 Å². The molecule has 41 heavy (non-hydrogen) atoms. The first-order valence-electron chi connectivity index (χ1n) is 13.5. The Morgan fingerprint density at radius 2 is 1.22 bits per heavy atom. The summed E-state index contributed by atoms with van der Waals surface area (Å²) in [5.74, 6) is -2.19. The number of nitrogens with zero attached hydrogens (tertiary/aromatic N) is 4. The van der Waals surface area contributed by atoms with Crippen LogP contribution < -0.4 is 10.6 Å². The Balaban J connectivity index is 1.31. The topological polar surface area (TPSA) is 158 Å². The van der Waals surface area contributed by atoms with Crippen LogP contribution in [0.5, 0.6) is 0 Å². The average molecular weight is 575 g/mol. The number of benzene rings is 1. The SMILES string of the molecule is CC(C)(C)OC(=O)N1CCN(C(=O)C(=O)N2CCN(C(=O)CNC(=O)CNC(=O)OCc3ccccc3)CC2)CC1. The maximum Gasteiger partial charge on any atom is 0.410 e. The van der Waals surface area contributed by atoms with Gasteiger partial charge in [-0.15, -0.1) is 0 Å². The third-order valence-corrected chi connectivity index (χ3v) is 6.36. The van der Waals surface area contributed by atoms with E-state index in [1.807, 2.05) is 18.2 Å². The van der Waals surface area contributed by atoms with Crippen LogP contribution in [-0.4, -0.2) is 126 Å². The minimum atomic E-state index is -0.754. The van der Waals surface area contributed by atoms with E-state index >= 15 is 0 Å². The van der Waals surface area contributed by atoms with E-state index in [4.69, 9.17) is 9.47 Å². The van der Waals surface area contributed by atoms with Crippen molar-refractivity contribution < 1.29 is 38.2 Å². The van der Waals surface area contributed by atoms with E-state index in [9.17, 15) is 28.8 Å². The number of hydrogen-bond acceptors (Lipinski definition) is 8. The molecule has 2 heterocycles. The standard InChI is InChI=1S/C27H38N6O8/c1-27(2,3)41-26(39)33-15-13-32(14-16-33)24(37)23(36)31-11-9-30(10-12-31)22(35)18-28-21(34)17-29-25(38)40-19-20-7-5-4-6-8-20/h4-8H,9-19H2,1-3H3,(H,28,34)(H,29,38). The van der Waals surface area contributed by atoms with Gasteiger partial charge in [0.25, 0.3) is 0 Å². The van der Waals surface area contributed by atoms with Crippen molar-refractivity contribution in [1.82, 2.24) is 30.2 Å². The number of alkyl carbamates (subject to hydrolysis) is 1. The average Bonchev–Trinajstić information content (AvgIpc) is 2.96. The Hall–Kier alpha value is -4.36. The molecular formula is C27H38N6O8. The third-order valence-electron chi connectivity index (χ3n) is 6.36. The van der Waals surface area contributed by atoms with Gasteiger partial charge in [-0.3, -0.25) is 19.2 Å². The number of nitrogens with one attached hydrogen (secondary N) is 2. The molecule has 2 fully saturated rings. The monoisotopic (exact) mass is 574 g/mol. The van der Waals surface area contributed by atoms with Gasteiger partial charge in [0, 0.05) is 52.4 Å². The van der Waals surface area contributed by atoms with Gasteiger partial charge < -0.3 is 39.7 Å². The number of rotatable bonds is 6. The zero-order valence-corrected chi connectivity index (χ0v) is 23.7. The molecule has 0 saturated carbocycles. The van der Waals surface area contributed by atoms with E-state index in [0.717, 1.165) is 5.56 Å². The second-order valence-electron chi connectivity index (χ2n) is 10.6. The van der Waals surface area contributed by atoms with Crippen LogP contribution in [0.15, 0.2) is 30.3 Å². The molecule has 0 unspecified atom stereocenters. The fourth-order valence-corrected chi connectivity index (χ4v) is 4.12. The number of carbonyl (C=O) groups is 6. The lowest BCUT2D eigenvalue weighted by Gasteiger charge is -2.38. The zero-order valence-electron chi connectivity index (χ0n) is 23.7. The summed E-state index contributed by atoms with van der Waals surface area (Å²) in [5.41, 5.74) is 0.187. The summed E-state index contributed by atoms with van der Waals surface area (Å²) in [7, 11) is 0. The number of amides is 6. The lowest BCUT2D eigenvalue weighted by atomic mass is 10.2. The van der Waals surface area contributed by atoms with Crippen LogP contribution in [0.2, 0.25) is 0 Å². The van der Waals surface area contributed by atoms with E-state index < -0.39 is 35.5 Å². The molecule has 14 heteroatoms. The molecule has 1 aromatic carbocycles. The molecule has 2 saturated heterocycles. The van der Waals surface area contributed by atoms with Crippen molar-refractivity contribution in [2.45, 2.75) is 33.0 Å². The summed E-state index contributed by atoms with van der Waals surface area (Å²) in [6, 6.07) is 9.08. The molecule has 2 aliphatic heterocycles. The van der Waals surface area contributed by atoms with Gasteiger partial charge in [0.15, 0.2) is 0 Å². The van der Waals surface area contributed by atoms with Crippen LogP contribution in [0.1, 0.15) is 26.3 Å². The first-order chi connectivity index (χ1) is 19.4. The molecule has 0 aliphatic carbocycles. The van der Waals surface area contributed by atoms with Crippen molar-refractivity contribution in [2.24, 2.45) is 0 Å². The lowest BCUT2D eigenvalue weighted by molar-refractivity contribution is -0.154. The quantitative estimate of drug-likeness (QED) is 0.442. The molecule has 0 bridgehead atoms. The van der Waals surface area contributed by atoms with Crippen LogP contribution in [-0.2, 0) is 35.3 Å². The van der Waals surface area contributed by atoms with E-state index in [0.29, 0.717) is 0 Å². The molecular weight excluding hydrogens is 536 g/mol. The Labute approximate surface area is 238 Å². The molecule has 1 aromatic rings. The largest absolute Gasteiger partial charge is 0.445 e. The van der Waals surface area contributed by atoms with Crippen LogP contribution in [0.3, 0.4) is 0 Å². The fraction of sp³-hybridized carbons (Fsp3) is 0.556. The smallest absolute Gasteiger partial charge is 0.410 e. The lowest BCUT2D eigenvalue weighted by Crippen LogP contribution is -2.58. The first-order valence-corrected chi connectivity index (χ1v) is 13.5. The van der Waals surface area contributed by atoms with Gasteiger partial charge in [-0.1, -0.05) is 30.3 Å². The predicted molar refractivity (Wildman–Crippen MR) is 145 cm³/mol. The predicted octanol–water partition coefficient (Wildman–Crippen LogP) is -0.221. The number of carbonyl (C=O) groups excluding carboxylic acids is 6. The van der Waals surface area contributed by atoms with Gasteiger partial charge in [0.05, 0.1) is 6.54 Å². The van der Waals surface area contributed by atoms with E-state index in [1.54, 1.807) is 32.9 Å². The molecule has 0 atom stereocenters. The van der Waals surface area contributed by atoms with Gasteiger partial charge in [-0.25, -0.2) is 9.59 Å². The van der Waals surface area contributed by atoms with Crippen molar-refractivity contribution in [3.8, 4) is 0 Å². The highest BCUT2D eigenvalue weighted by molar-refractivity contribution is 6.35. The van der Waals surface area contributed by atoms with Crippen LogP contribution in [0, 0.1) is 0 Å². The molecule has 2 N–H and O–H groups in total. The maximum absolute atomic E-state index is 12.8. The Morgan fingerprint density at radius 3 is 1.76 bits per heavy atom. The first kappa shape index (κ1) is 31.2. The van der Waals surface area contributed by atoms with Gasteiger partial charge in [-0.2, -0.15) is 0 Å². The minimum Gasteiger partial charge on any atom is -0.445 e. The highest BCUT2D eigenvalue weighted by atomic mass is 16.6. The van der Waals surface area contributed by atoms with Crippen molar-refractivity contribution in [1.29, 1.82) is 0 Å². The van der Waals surface area contributed by atoms with E-state index in [-0.39, 0.29) is 78.0 Å². The highest BCUT2D eigenvalue weighted by Gasteiger charge is 2.34. The van der Waals surface area contributed by atoms with Crippen LogP contribution >= 0.6 is 0 Å². The summed E-state index contributed by atoms with van der Waals surface area (Å²) in [6.45, 7) is 6.55. The second-order valence-corrected chi connectivity index (χ2v) is 10.6. The molecule has 0 spiro atoms. The summed E-state index contributed by atoms with van der Waals surface area (Å²) in [6.07, 6.45) is -1.21. The summed E-state index contributed by atoms with van der Waals surface area (Å²) >= 11 is 0. The highest BCUT2D eigenvalue weighted by Crippen LogP contribution is 2.13. The number of hydrogen-bond donors (Lipinski definition) is 2. The summed E-state index contributed by atoms with van der Waals surface area (Å²) in [5, 5.41) is 4.77. The molecule has 0 aromatic heterocycles. The molecule has 6 amide bonds. The molecule has 0 radical (unpaired) electrons. The molecule has 14 nitrogen and oxygen atoms in total. The number of ether oxygens (including phenoxy) is 2. The Morgan fingerprint density at radius 1 is 0.707 bits per heavy atom. The normalized spacial score (nSPS) is 15.6. The zero-order chi connectivity index (χ0) is 30.0.